The summed E-state index contributed by atoms with van der Waals surface area (Å²) in [7, 11) is -2.05. The van der Waals surface area contributed by atoms with E-state index in [1.165, 1.54) is 22.8 Å². The predicted octanol–water partition coefficient (Wildman–Crippen LogP) is 2.00. The summed E-state index contributed by atoms with van der Waals surface area (Å²) in [5.74, 6) is -0.357. The second-order valence-corrected chi connectivity index (χ2v) is 9.40. The molecule has 0 bridgehead atoms. The number of nitrogens with zero attached hydrogens (tertiary/aromatic N) is 1. The molecule has 26 heavy (non-hydrogen) atoms. The van der Waals surface area contributed by atoms with Crippen molar-refractivity contribution in [2.75, 3.05) is 26.7 Å². The van der Waals surface area contributed by atoms with Crippen molar-refractivity contribution in [3.63, 3.8) is 0 Å². The van der Waals surface area contributed by atoms with Gasteiger partial charge in [-0.2, -0.15) is 4.31 Å². The maximum Gasteiger partial charge on any atom is 0.305 e. The quantitative estimate of drug-likeness (QED) is 0.504. The summed E-state index contributed by atoms with van der Waals surface area (Å²) < 4.78 is 31.3. The number of sulfonamides is 1. The van der Waals surface area contributed by atoms with Gasteiger partial charge in [0, 0.05) is 32.0 Å². The van der Waals surface area contributed by atoms with Crippen LogP contribution in [-0.4, -0.2) is 51.3 Å². The van der Waals surface area contributed by atoms with Gasteiger partial charge in [-0.15, -0.1) is 11.3 Å². The molecule has 1 aromatic rings. The fourth-order valence-electron chi connectivity index (χ4n) is 2.92. The van der Waals surface area contributed by atoms with E-state index in [4.69, 9.17) is 0 Å². The Balaban J connectivity index is 1.66. The second-order valence-electron chi connectivity index (χ2n) is 6.29. The Morgan fingerprint density at radius 2 is 2.00 bits per heavy atom. The molecule has 0 atom stereocenters. The lowest BCUT2D eigenvalue weighted by Gasteiger charge is -2.30. The van der Waals surface area contributed by atoms with E-state index in [-0.39, 0.29) is 17.8 Å². The van der Waals surface area contributed by atoms with E-state index < -0.39 is 10.0 Å². The van der Waals surface area contributed by atoms with Crippen LogP contribution in [0.2, 0.25) is 0 Å². The van der Waals surface area contributed by atoms with Crippen molar-refractivity contribution in [1.29, 1.82) is 0 Å². The minimum atomic E-state index is -3.42. The number of thiophene rings is 1. The number of carbonyl (C=O) groups is 2. The fourth-order valence-corrected chi connectivity index (χ4v) is 5.54. The summed E-state index contributed by atoms with van der Waals surface area (Å²) in [5, 5.41) is 4.66. The van der Waals surface area contributed by atoms with Gasteiger partial charge in [-0.05, 0) is 37.1 Å². The molecule has 7 nitrogen and oxygen atoms in total. The average molecular weight is 403 g/mol. The van der Waals surface area contributed by atoms with Crippen LogP contribution in [0.25, 0.3) is 0 Å². The third-order valence-corrected chi connectivity index (χ3v) is 7.77. The maximum atomic E-state index is 12.5. The van der Waals surface area contributed by atoms with Crippen molar-refractivity contribution in [2.24, 2.45) is 5.92 Å². The molecule has 0 unspecified atom stereocenters. The molecule has 2 heterocycles. The molecule has 0 aliphatic carbocycles. The Kier molecular flexibility index (Phi) is 8.05. The predicted molar refractivity (Wildman–Crippen MR) is 99.3 cm³/mol. The van der Waals surface area contributed by atoms with Crippen LogP contribution >= 0.6 is 11.3 Å². The van der Waals surface area contributed by atoms with E-state index in [9.17, 15) is 18.0 Å². The molecule has 1 aromatic heterocycles. The Morgan fingerprint density at radius 3 is 2.62 bits per heavy atom. The van der Waals surface area contributed by atoms with Crippen LogP contribution in [0.3, 0.4) is 0 Å². The highest BCUT2D eigenvalue weighted by molar-refractivity contribution is 7.91. The van der Waals surface area contributed by atoms with E-state index in [0.29, 0.717) is 43.1 Å². The molecule has 0 aromatic carbocycles. The number of carbonyl (C=O) groups excluding carboxylic acids is 2. The van der Waals surface area contributed by atoms with Crippen molar-refractivity contribution >= 4 is 33.2 Å². The zero-order valence-electron chi connectivity index (χ0n) is 15.0. The Bertz CT molecular complexity index is 680. The first kappa shape index (κ1) is 20.9. The van der Waals surface area contributed by atoms with Crippen LogP contribution in [0.15, 0.2) is 21.7 Å². The number of methoxy groups -OCH3 is 1. The molecule has 9 heteroatoms. The molecule has 0 saturated carbocycles. The number of hydrogen-bond donors (Lipinski definition) is 1. The number of hydrogen-bond acceptors (Lipinski definition) is 6. The largest absolute Gasteiger partial charge is 0.469 e. The molecular weight excluding hydrogens is 376 g/mol. The summed E-state index contributed by atoms with van der Waals surface area (Å²) in [6.45, 7) is 1.32. The third kappa shape index (κ3) is 5.78. The number of ether oxygens (including phenoxy) is 1. The number of nitrogens with one attached hydrogen (secondary N) is 1. The van der Waals surface area contributed by atoms with E-state index in [0.717, 1.165) is 19.3 Å². The van der Waals surface area contributed by atoms with Gasteiger partial charge in [0.1, 0.15) is 4.21 Å². The molecule has 1 aliphatic heterocycles. The monoisotopic (exact) mass is 402 g/mol. The van der Waals surface area contributed by atoms with Gasteiger partial charge in [0.05, 0.1) is 7.11 Å². The summed E-state index contributed by atoms with van der Waals surface area (Å²) in [6, 6.07) is 3.34. The minimum absolute atomic E-state index is 0.00820. The van der Waals surface area contributed by atoms with Crippen molar-refractivity contribution in [3.05, 3.63) is 17.5 Å². The van der Waals surface area contributed by atoms with Crippen molar-refractivity contribution < 1.29 is 22.7 Å². The highest BCUT2D eigenvalue weighted by atomic mass is 32.2. The SMILES string of the molecule is COC(=O)CCCCCNC(=O)C1CCN(S(=O)(=O)c2cccs2)CC1. The second kappa shape index (κ2) is 10.0. The molecule has 1 saturated heterocycles. The molecule has 1 amide bonds. The summed E-state index contributed by atoms with van der Waals surface area (Å²) in [6.07, 6.45) is 3.90. The third-order valence-electron chi connectivity index (χ3n) is 4.50. The maximum absolute atomic E-state index is 12.5. The molecule has 1 fully saturated rings. The summed E-state index contributed by atoms with van der Waals surface area (Å²) in [5.41, 5.74) is 0. The van der Waals surface area contributed by atoms with Gasteiger partial charge < -0.3 is 10.1 Å². The van der Waals surface area contributed by atoms with Crippen LogP contribution in [0.5, 0.6) is 0 Å². The Morgan fingerprint density at radius 1 is 1.27 bits per heavy atom. The average Bonchev–Trinajstić information content (AvgIpc) is 3.19. The van der Waals surface area contributed by atoms with E-state index >= 15 is 0 Å². The van der Waals surface area contributed by atoms with Gasteiger partial charge in [0.15, 0.2) is 0 Å². The number of piperidine rings is 1. The number of amides is 1. The zero-order chi connectivity index (χ0) is 19.0. The first-order chi connectivity index (χ1) is 12.4. The van der Waals surface area contributed by atoms with Crippen LogP contribution in [-0.2, 0) is 24.3 Å². The first-order valence-electron chi connectivity index (χ1n) is 8.83. The van der Waals surface area contributed by atoms with Crippen LogP contribution < -0.4 is 5.32 Å². The molecule has 0 spiro atoms. The van der Waals surface area contributed by atoms with Gasteiger partial charge in [0.2, 0.25) is 5.91 Å². The normalized spacial score (nSPS) is 16.3. The smallest absolute Gasteiger partial charge is 0.305 e. The van der Waals surface area contributed by atoms with E-state index in [1.807, 2.05) is 0 Å². The lowest BCUT2D eigenvalue weighted by Crippen LogP contribution is -2.43. The molecule has 146 valence electrons. The van der Waals surface area contributed by atoms with Crippen molar-refractivity contribution in [3.8, 4) is 0 Å². The highest BCUT2D eigenvalue weighted by Gasteiger charge is 2.32. The molecular formula is C17H26N2O5S2. The fraction of sp³-hybridized carbons (Fsp3) is 0.647. The molecule has 2 rings (SSSR count). The molecule has 1 aliphatic rings. The lowest BCUT2D eigenvalue weighted by atomic mass is 9.97. The van der Waals surface area contributed by atoms with Crippen molar-refractivity contribution in [2.45, 2.75) is 42.7 Å². The minimum Gasteiger partial charge on any atom is -0.469 e. The van der Waals surface area contributed by atoms with Crippen LogP contribution in [0.1, 0.15) is 38.5 Å². The van der Waals surface area contributed by atoms with Gasteiger partial charge in [-0.1, -0.05) is 12.5 Å². The summed E-state index contributed by atoms with van der Waals surface area (Å²) in [4.78, 5) is 23.2. The van der Waals surface area contributed by atoms with Gasteiger partial charge in [-0.25, -0.2) is 8.42 Å². The lowest BCUT2D eigenvalue weighted by molar-refractivity contribution is -0.140. The summed E-state index contributed by atoms with van der Waals surface area (Å²) >= 11 is 1.21. The number of esters is 1. The van der Waals surface area contributed by atoms with Crippen LogP contribution in [0, 0.1) is 5.92 Å². The van der Waals surface area contributed by atoms with Crippen molar-refractivity contribution in [1.82, 2.24) is 9.62 Å². The van der Waals surface area contributed by atoms with Crippen LogP contribution in [0.4, 0.5) is 0 Å². The standard InChI is InChI=1S/C17H26N2O5S2/c1-24-15(20)6-3-2-4-10-18-17(21)14-8-11-19(12-9-14)26(22,23)16-7-5-13-25-16/h5,7,13-14H,2-4,6,8-12H2,1H3,(H,18,21). The Hall–Kier alpha value is -1.45. The van der Waals surface area contributed by atoms with Gasteiger partial charge in [-0.3, -0.25) is 9.59 Å². The van der Waals surface area contributed by atoms with Gasteiger partial charge in [0.25, 0.3) is 10.0 Å². The molecule has 0 radical (unpaired) electrons. The number of rotatable bonds is 9. The number of unbranched alkanes of at least 4 members (excludes halogenated alkanes) is 2. The first-order valence-corrected chi connectivity index (χ1v) is 11.2. The Labute approximate surface area is 158 Å². The zero-order valence-corrected chi connectivity index (χ0v) is 16.6. The highest BCUT2D eigenvalue weighted by Crippen LogP contribution is 2.26. The van der Waals surface area contributed by atoms with E-state index in [1.54, 1.807) is 17.5 Å². The molecule has 1 N–H and O–H groups in total. The topological polar surface area (TPSA) is 92.8 Å². The van der Waals surface area contributed by atoms with E-state index in [2.05, 4.69) is 10.1 Å². The van der Waals surface area contributed by atoms with Gasteiger partial charge >= 0.3 is 5.97 Å².